The first kappa shape index (κ1) is 23.4. The van der Waals surface area contributed by atoms with Crippen LogP contribution in [0.15, 0.2) is 54.6 Å². The summed E-state index contributed by atoms with van der Waals surface area (Å²) in [6.45, 7) is 1.11. The Labute approximate surface area is 188 Å². The van der Waals surface area contributed by atoms with Gasteiger partial charge in [-0.2, -0.15) is 0 Å². The lowest BCUT2D eigenvalue weighted by Gasteiger charge is -2.18. The molecule has 1 heterocycles. The maximum atomic E-state index is 12.4. The number of hydrogen-bond donors (Lipinski definition) is 2. The summed E-state index contributed by atoms with van der Waals surface area (Å²) in [4.78, 5) is 59.4. The normalized spacial score (nSPS) is 16.1. The minimum Gasteiger partial charge on any atom is -0.455 e. The highest BCUT2D eigenvalue weighted by molar-refractivity contribution is 5.99. The van der Waals surface area contributed by atoms with E-state index in [2.05, 4.69) is 10.7 Å². The highest BCUT2D eigenvalue weighted by Crippen LogP contribution is 2.21. The standard InChI is InChI=1S/C22H22N4O7/c1-14(15-7-3-2-4-8-15)23-19(27)13-33-22(30)16-11-20(28)25(12-16)24-21(29)17-9-5-6-10-18(17)26(31)32/h2-10,14,16H,11-13H2,1H3,(H,23,27)(H,24,29)/t14-,16+/m0/s1. The second kappa shape index (κ2) is 10.4. The maximum Gasteiger partial charge on any atom is 0.311 e. The van der Waals surface area contributed by atoms with Gasteiger partial charge in [-0.1, -0.05) is 42.5 Å². The van der Waals surface area contributed by atoms with Crippen molar-refractivity contribution in [2.24, 2.45) is 5.92 Å². The van der Waals surface area contributed by atoms with Crippen LogP contribution in [-0.2, 0) is 19.1 Å². The van der Waals surface area contributed by atoms with E-state index in [4.69, 9.17) is 4.74 Å². The van der Waals surface area contributed by atoms with Crippen LogP contribution in [0.25, 0.3) is 0 Å². The number of para-hydroxylation sites is 1. The van der Waals surface area contributed by atoms with Gasteiger partial charge in [0.15, 0.2) is 6.61 Å². The smallest absolute Gasteiger partial charge is 0.311 e. The number of hydrogen-bond acceptors (Lipinski definition) is 7. The highest BCUT2D eigenvalue weighted by Gasteiger charge is 2.37. The number of carbonyl (C=O) groups is 4. The van der Waals surface area contributed by atoms with E-state index in [1.54, 1.807) is 6.92 Å². The first-order valence-electron chi connectivity index (χ1n) is 10.1. The lowest BCUT2D eigenvalue weighted by atomic mass is 10.1. The van der Waals surface area contributed by atoms with Gasteiger partial charge in [-0.25, -0.2) is 0 Å². The third kappa shape index (κ3) is 5.91. The van der Waals surface area contributed by atoms with Crippen LogP contribution >= 0.6 is 0 Å². The van der Waals surface area contributed by atoms with Crippen LogP contribution in [-0.4, -0.2) is 46.8 Å². The summed E-state index contributed by atoms with van der Waals surface area (Å²) in [7, 11) is 0. The molecule has 0 aliphatic carbocycles. The summed E-state index contributed by atoms with van der Waals surface area (Å²) in [6, 6.07) is 14.3. The zero-order valence-corrected chi connectivity index (χ0v) is 17.7. The zero-order valence-electron chi connectivity index (χ0n) is 17.7. The minimum atomic E-state index is -0.886. The van der Waals surface area contributed by atoms with E-state index in [9.17, 15) is 29.3 Å². The molecule has 3 rings (SSSR count). The molecule has 11 heteroatoms. The number of nitro groups is 1. The molecule has 1 fully saturated rings. The van der Waals surface area contributed by atoms with Gasteiger partial charge in [0.1, 0.15) is 5.56 Å². The minimum absolute atomic E-state index is 0.175. The van der Waals surface area contributed by atoms with Gasteiger partial charge in [-0.15, -0.1) is 0 Å². The van der Waals surface area contributed by atoms with Crippen LogP contribution in [0.3, 0.4) is 0 Å². The van der Waals surface area contributed by atoms with Crippen molar-refractivity contribution in [2.75, 3.05) is 13.2 Å². The fourth-order valence-corrected chi connectivity index (χ4v) is 3.34. The number of hydrazine groups is 1. The quantitative estimate of drug-likeness (QED) is 0.349. The number of benzene rings is 2. The molecule has 0 unspecified atom stereocenters. The first-order chi connectivity index (χ1) is 15.8. The molecule has 0 saturated carbocycles. The van der Waals surface area contributed by atoms with E-state index in [-0.39, 0.29) is 24.6 Å². The molecule has 1 aliphatic heterocycles. The van der Waals surface area contributed by atoms with Crippen molar-refractivity contribution < 1.29 is 28.8 Å². The molecule has 0 aromatic heterocycles. The van der Waals surface area contributed by atoms with E-state index >= 15 is 0 Å². The van der Waals surface area contributed by atoms with E-state index < -0.39 is 46.8 Å². The third-order valence-electron chi connectivity index (χ3n) is 5.06. The molecule has 1 saturated heterocycles. The number of rotatable bonds is 8. The molecular weight excluding hydrogens is 432 g/mol. The number of carbonyl (C=O) groups excluding carboxylic acids is 4. The fourth-order valence-electron chi connectivity index (χ4n) is 3.34. The van der Waals surface area contributed by atoms with Gasteiger partial charge in [0, 0.05) is 12.5 Å². The summed E-state index contributed by atoms with van der Waals surface area (Å²) in [5.74, 6) is -3.54. The molecule has 2 atom stereocenters. The van der Waals surface area contributed by atoms with Crippen LogP contribution in [0, 0.1) is 16.0 Å². The van der Waals surface area contributed by atoms with Crippen molar-refractivity contribution in [3.63, 3.8) is 0 Å². The van der Waals surface area contributed by atoms with Gasteiger partial charge in [0.2, 0.25) is 5.91 Å². The van der Waals surface area contributed by atoms with Gasteiger partial charge < -0.3 is 10.1 Å². The predicted octanol–water partition coefficient (Wildman–Crippen LogP) is 1.51. The zero-order chi connectivity index (χ0) is 24.0. The Hall–Kier alpha value is -4.28. The van der Waals surface area contributed by atoms with Crippen molar-refractivity contribution in [1.82, 2.24) is 15.8 Å². The lowest BCUT2D eigenvalue weighted by molar-refractivity contribution is -0.385. The van der Waals surface area contributed by atoms with Crippen molar-refractivity contribution in [3.8, 4) is 0 Å². The van der Waals surface area contributed by atoms with Crippen molar-refractivity contribution in [1.29, 1.82) is 0 Å². The Bertz CT molecular complexity index is 1070. The highest BCUT2D eigenvalue weighted by atomic mass is 16.6. The Kier molecular flexibility index (Phi) is 7.34. The Morgan fingerprint density at radius 2 is 1.82 bits per heavy atom. The SMILES string of the molecule is C[C@H](NC(=O)COC(=O)[C@@H]1CC(=O)N(NC(=O)c2ccccc2[N+](=O)[O-])C1)c1ccccc1. The molecule has 2 N–H and O–H groups in total. The molecule has 0 radical (unpaired) electrons. The maximum absolute atomic E-state index is 12.4. The number of nitro benzene ring substituents is 1. The van der Waals surface area contributed by atoms with E-state index in [0.717, 1.165) is 10.6 Å². The van der Waals surface area contributed by atoms with Crippen molar-refractivity contribution in [2.45, 2.75) is 19.4 Å². The molecule has 3 amide bonds. The molecule has 172 valence electrons. The van der Waals surface area contributed by atoms with Crippen molar-refractivity contribution in [3.05, 3.63) is 75.8 Å². The van der Waals surface area contributed by atoms with E-state index in [0.29, 0.717) is 0 Å². The number of nitrogens with zero attached hydrogens (tertiary/aromatic N) is 2. The van der Waals surface area contributed by atoms with Crippen LogP contribution in [0.1, 0.15) is 35.3 Å². The number of nitrogens with one attached hydrogen (secondary N) is 2. The van der Waals surface area contributed by atoms with Crippen molar-refractivity contribution >= 4 is 29.4 Å². The number of amides is 3. The van der Waals surface area contributed by atoms with Gasteiger partial charge in [-0.3, -0.25) is 39.7 Å². The monoisotopic (exact) mass is 454 g/mol. The predicted molar refractivity (Wildman–Crippen MR) is 114 cm³/mol. The Morgan fingerprint density at radius 3 is 2.52 bits per heavy atom. The Morgan fingerprint density at radius 1 is 1.15 bits per heavy atom. The molecule has 2 aromatic rings. The van der Waals surface area contributed by atoms with Crippen LogP contribution in [0.2, 0.25) is 0 Å². The molecule has 1 aliphatic rings. The number of ether oxygens (including phenoxy) is 1. The summed E-state index contributed by atoms with van der Waals surface area (Å²) in [5, 5.41) is 14.7. The second-order valence-electron chi connectivity index (χ2n) is 7.43. The molecule has 11 nitrogen and oxygen atoms in total. The molecule has 0 bridgehead atoms. The van der Waals surface area contributed by atoms with Crippen LogP contribution in [0.5, 0.6) is 0 Å². The average molecular weight is 454 g/mol. The summed E-state index contributed by atoms with van der Waals surface area (Å²) in [5.41, 5.74) is 2.55. The first-order valence-corrected chi connectivity index (χ1v) is 10.1. The van der Waals surface area contributed by atoms with Gasteiger partial charge >= 0.3 is 5.97 Å². The lowest BCUT2D eigenvalue weighted by Crippen LogP contribution is -2.43. The average Bonchev–Trinajstić information content (AvgIpc) is 3.18. The summed E-state index contributed by atoms with van der Waals surface area (Å²) >= 11 is 0. The second-order valence-corrected chi connectivity index (χ2v) is 7.43. The largest absolute Gasteiger partial charge is 0.455 e. The topological polar surface area (TPSA) is 148 Å². The van der Waals surface area contributed by atoms with Crippen LogP contribution in [0.4, 0.5) is 5.69 Å². The van der Waals surface area contributed by atoms with Crippen LogP contribution < -0.4 is 10.7 Å². The van der Waals surface area contributed by atoms with Gasteiger partial charge in [0.25, 0.3) is 17.5 Å². The van der Waals surface area contributed by atoms with Gasteiger partial charge in [0.05, 0.1) is 23.4 Å². The Balaban J connectivity index is 1.50. The molecule has 33 heavy (non-hydrogen) atoms. The summed E-state index contributed by atoms with van der Waals surface area (Å²) < 4.78 is 5.03. The van der Waals surface area contributed by atoms with Gasteiger partial charge in [-0.05, 0) is 18.6 Å². The summed E-state index contributed by atoms with van der Waals surface area (Å²) in [6.07, 6.45) is -0.224. The molecular formula is C22H22N4O7. The molecule has 0 spiro atoms. The number of esters is 1. The van der Waals surface area contributed by atoms with E-state index in [1.165, 1.54) is 24.3 Å². The molecule has 2 aromatic carbocycles. The fraction of sp³-hybridized carbons (Fsp3) is 0.273. The van der Waals surface area contributed by atoms with E-state index in [1.807, 2.05) is 30.3 Å². The third-order valence-corrected chi connectivity index (χ3v) is 5.06.